The van der Waals surface area contributed by atoms with Gasteiger partial charge in [-0.1, -0.05) is 24.3 Å². The van der Waals surface area contributed by atoms with E-state index in [2.05, 4.69) is 10.6 Å². The molecule has 0 saturated carbocycles. The van der Waals surface area contributed by atoms with E-state index in [1.807, 2.05) is 0 Å². The van der Waals surface area contributed by atoms with E-state index in [1.54, 1.807) is 41.3 Å². The molecule has 0 aromatic heterocycles. The molecule has 3 rings (SSSR count). The van der Waals surface area contributed by atoms with Crippen LogP contribution >= 0.6 is 12.4 Å². The first kappa shape index (κ1) is 19.7. The highest BCUT2D eigenvalue weighted by Crippen LogP contribution is 2.23. The van der Waals surface area contributed by atoms with Crippen LogP contribution in [0.1, 0.15) is 22.0 Å². The summed E-state index contributed by atoms with van der Waals surface area (Å²) in [7, 11) is 0. The van der Waals surface area contributed by atoms with Gasteiger partial charge in [-0.2, -0.15) is 0 Å². The molecule has 1 saturated heterocycles. The molecule has 1 heterocycles. The number of amides is 3. The SMILES string of the molecule is Cl.NC(=O)N1CCNCC1c1ccc(C(=O)Nc2ccccc2F)cc1. The molecular formula is C18H20ClFN4O2. The Bertz CT molecular complexity index is 785. The van der Waals surface area contributed by atoms with Gasteiger partial charge >= 0.3 is 6.03 Å². The predicted octanol–water partition coefficient (Wildman–Crippen LogP) is 2.52. The number of para-hydroxylation sites is 1. The second kappa shape index (κ2) is 8.64. The highest BCUT2D eigenvalue weighted by molar-refractivity contribution is 6.04. The van der Waals surface area contributed by atoms with Crippen LogP contribution in [0.15, 0.2) is 48.5 Å². The van der Waals surface area contributed by atoms with Gasteiger partial charge in [0, 0.05) is 25.2 Å². The van der Waals surface area contributed by atoms with Crippen molar-refractivity contribution in [3.63, 3.8) is 0 Å². The molecule has 2 aromatic rings. The smallest absolute Gasteiger partial charge is 0.315 e. The maximum Gasteiger partial charge on any atom is 0.315 e. The fourth-order valence-corrected chi connectivity index (χ4v) is 2.88. The van der Waals surface area contributed by atoms with Gasteiger partial charge < -0.3 is 21.3 Å². The minimum absolute atomic E-state index is 0. The van der Waals surface area contributed by atoms with E-state index >= 15 is 0 Å². The monoisotopic (exact) mass is 378 g/mol. The van der Waals surface area contributed by atoms with E-state index in [0.717, 1.165) is 5.56 Å². The van der Waals surface area contributed by atoms with Crippen molar-refractivity contribution in [3.05, 3.63) is 65.5 Å². The number of hydrogen-bond acceptors (Lipinski definition) is 3. The number of halogens is 2. The molecule has 1 aliphatic rings. The zero-order chi connectivity index (χ0) is 17.8. The number of nitrogens with one attached hydrogen (secondary N) is 2. The first-order chi connectivity index (χ1) is 12.1. The molecule has 6 nitrogen and oxygen atoms in total. The zero-order valence-electron chi connectivity index (χ0n) is 13.9. The summed E-state index contributed by atoms with van der Waals surface area (Å²) < 4.78 is 13.6. The predicted molar refractivity (Wildman–Crippen MR) is 99.9 cm³/mol. The van der Waals surface area contributed by atoms with E-state index in [-0.39, 0.29) is 24.1 Å². The average Bonchev–Trinajstić information content (AvgIpc) is 2.63. The number of primary amides is 1. The zero-order valence-corrected chi connectivity index (χ0v) is 14.8. The Balaban J connectivity index is 0.00000243. The van der Waals surface area contributed by atoms with E-state index < -0.39 is 17.8 Å². The quantitative estimate of drug-likeness (QED) is 0.767. The van der Waals surface area contributed by atoms with Crippen LogP contribution in [0.3, 0.4) is 0 Å². The van der Waals surface area contributed by atoms with Gasteiger partial charge in [0.05, 0.1) is 11.7 Å². The lowest BCUT2D eigenvalue weighted by Crippen LogP contribution is -2.50. The van der Waals surface area contributed by atoms with E-state index in [1.165, 1.54) is 12.1 Å². The van der Waals surface area contributed by atoms with Crippen molar-refractivity contribution in [2.45, 2.75) is 6.04 Å². The van der Waals surface area contributed by atoms with E-state index in [0.29, 0.717) is 25.2 Å². The maximum atomic E-state index is 13.6. The van der Waals surface area contributed by atoms with Crippen molar-refractivity contribution >= 4 is 30.0 Å². The van der Waals surface area contributed by atoms with Crippen molar-refractivity contribution < 1.29 is 14.0 Å². The number of benzene rings is 2. The Morgan fingerprint density at radius 3 is 2.50 bits per heavy atom. The Morgan fingerprint density at radius 2 is 1.85 bits per heavy atom. The fourth-order valence-electron chi connectivity index (χ4n) is 2.88. The summed E-state index contributed by atoms with van der Waals surface area (Å²) in [6.07, 6.45) is 0. The van der Waals surface area contributed by atoms with Crippen molar-refractivity contribution in [3.8, 4) is 0 Å². The summed E-state index contributed by atoms with van der Waals surface area (Å²) in [6, 6.07) is 12.2. The number of carbonyl (C=O) groups is 2. The molecule has 1 atom stereocenters. The lowest BCUT2D eigenvalue weighted by atomic mass is 10.0. The molecule has 1 unspecified atom stereocenters. The van der Waals surface area contributed by atoms with Crippen LogP contribution in [0.5, 0.6) is 0 Å². The summed E-state index contributed by atoms with van der Waals surface area (Å²) in [6.45, 7) is 1.84. The molecule has 26 heavy (non-hydrogen) atoms. The summed E-state index contributed by atoms with van der Waals surface area (Å²) >= 11 is 0. The second-order valence-corrected chi connectivity index (χ2v) is 5.81. The van der Waals surface area contributed by atoms with Crippen LogP contribution in [0.4, 0.5) is 14.9 Å². The third-order valence-corrected chi connectivity index (χ3v) is 4.21. The number of carbonyl (C=O) groups excluding carboxylic acids is 2. The molecule has 0 radical (unpaired) electrons. The third-order valence-electron chi connectivity index (χ3n) is 4.21. The van der Waals surface area contributed by atoms with Crippen LogP contribution in [-0.2, 0) is 0 Å². The first-order valence-electron chi connectivity index (χ1n) is 7.99. The molecule has 0 bridgehead atoms. The lowest BCUT2D eigenvalue weighted by molar-refractivity contribution is 0.102. The minimum Gasteiger partial charge on any atom is -0.351 e. The minimum atomic E-state index is -0.488. The van der Waals surface area contributed by atoms with Gasteiger partial charge in [0.2, 0.25) is 0 Å². The Morgan fingerprint density at radius 1 is 1.15 bits per heavy atom. The summed E-state index contributed by atoms with van der Waals surface area (Å²) in [5.74, 6) is -0.886. The first-order valence-corrected chi connectivity index (χ1v) is 7.99. The van der Waals surface area contributed by atoms with Gasteiger partial charge in [-0.25, -0.2) is 9.18 Å². The number of hydrogen-bond donors (Lipinski definition) is 3. The summed E-state index contributed by atoms with van der Waals surface area (Å²) in [5.41, 5.74) is 6.85. The molecule has 0 spiro atoms. The summed E-state index contributed by atoms with van der Waals surface area (Å²) in [4.78, 5) is 25.4. The largest absolute Gasteiger partial charge is 0.351 e. The Kier molecular flexibility index (Phi) is 6.54. The standard InChI is InChI=1S/C18H19FN4O2.ClH/c19-14-3-1-2-4-15(14)22-17(24)13-7-5-12(6-8-13)16-11-21-9-10-23(16)18(20)25;/h1-8,16,21H,9-11H2,(H2,20,25)(H,22,24);1H. The lowest BCUT2D eigenvalue weighted by Gasteiger charge is -2.35. The van der Waals surface area contributed by atoms with Gasteiger partial charge in [0.1, 0.15) is 5.82 Å². The van der Waals surface area contributed by atoms with Crippen molar-refractivity contribution in [2.24, 2.45) is 5.73 Å². The average molecular weight is 379 g/mol. The van der Waals surface area contributed by atoms with Crippen molar-refractivity contribution in [1.29, 1.82) is 0 Å². The molecule has 138 valence electrons. The van der Waals surface area contributed by atoms with Gasteiger partial charge in [0.15, 0.2) is 0 Å². The van der Waals surface area contributed by atoms with E-state index in [4.69, 9.17) is 5.73 Å². The number of piperazine rings is 1. The highest BCUT2D eigenvalue weighted by atomic mass is 35.5. The third kappa shape index (κ3) is 4.30. The van der Waals surface area contributed by atoms with Crippen LogP contribution in [0.25, 0.3) is 0 Å². The second-order valence-electron chi connectivity index (χ2n) is 5.81. The molecule has 1 aliphatic heterocycles. The molecule has 0 aliphatic carbocycles. The van der Waals surface area contributed by atoms with Crippen LogP contribution in [0.2, 0.25) is 0 Å². The van der Waals surface area contributed by atoms with E-state index in [9.17, 15) is 14.0 Å². The topological polar surface area (TPSA) is 87.5 Å². The number of rotatable bonds is 3. The van der Waals surface area contributed by atoms with Crippen molar-refractivity contribution in [2.75, 3.05) is 25.0 Å². The van der Waals surface area contributed by atoms with Gasteiger partial charge in [0.25, 0.3) is 5.91 Å². The normalized spacial score (nSPS) is 16.5. The van der Waals surface area contributed by atoms with Gasteiger partial charge in [-0.3, -0.25) is 4.79 Å². The van der Waals surface area contributed by atoms with Crippen LogP contribution in [0, 0.1) is 5.82 Å². The number of urea groups is 1. The van der Waals surface area contributed by atoms with Gasteiger partial charge in [-0.15, -0.1) is 12.4 Å². The highest BCUT2D eigenvalue weighted by Gasteiger charge is 2.26. The number of anilines is 1. The van der Waals surface area contributed by atoms with Crippen LogP contribution < -0.4 is 16.4 Å². The molecule has 2 aromatic carbocycles. The Labute approximate surface area is 157 Å². The van der Waals surface area contributed by atoms with Gasteiger partial charge in [-0.05, 0) is 29.8 Å². The van der Waals surface area contributed by atoms with Crippen molar-refractivity contribution in [1.82, 2.24) is 10.2 Å². The van der Waals surface area contributed by atoms with Crippen LogP contribution in [-0.4, -0.2) is 36.5 Å². The fraction of sp³-hybridized carbons (Fsp3) is 0.222. The molecule has 3 amide bonds. The maximum absolute atomic E-state index is 13.6. The number of nitrogens with two attached hydrogens (primary N) is 1. The number of nitrogens with zero attached hydrogens (tertiary/aromatic N) is 1. The molecule has 4 N–H and O–H groups in total. The summed E-state index contributed by atoms with van der Waals surface area (Å²) in [5, 5.41) is 5.77. The molecular weight excluding hydrogens is 359 g/mol. The molecule has 1 fully saturated rings. The Hall–Kier alpha value is -2.64. The molecule has 8 heteroatoms.